The van der Waals surface area contributed by atoms with Crippen LogP contribution in [-0.2, 0) is 0 Å². The molecule has 0 saturated carbocycles. The summed E-state index contributed by atoms with van der Waals surface area (Å²) in [6.45, 7) is 5.25. The Morgan fingerprint density at radius 3 is 2.62 bits per heavy atom. The minimum absolute atomic E-state index is 0.0914. The molecular formula is C9H17NO3. The van der Waals surface area contributed by atoms with Crippen LogP contribution >= 0.6 is 0 Å². The molecule has 3 N–H and O–H groups in total. The lowest BCUT2D eigenvalue weighted by atomic mass is 9.93. The molecule has 0 aliphatic carbocycles. The Bertz CT molecular complexity index is 174. The normalized spacial score (nSPS) is 36.1. The average molecular weight is 187 g/mol. The van der Waals surface area contributed by atoms with E-state index in [1.807, 2.05) is 4.90 Å². The minimum atomic E-state index is -0.800. The molecule has 0 bridgehead atoms. The van der Waals surface area contributed by atoms with Crippen LogP contribution in [0, 0.1) is 5.92 Å². The summed E-state index contributed by atoms with van der Waals surface area (Å²) in [5.74, 6) is -0.247. The van der Waals surface area contributed by atoms with Crippen molar-refractivity contribution in [3.05, 3.63) is 12.7 Å². The van der Waals surface area contributed by atoms with Gasteiger partial charge in [-0.2, -0.15) is 0 Å². The summed E-state index contributed by atoms with van der Waals surface area (Å²) in [7, 11) is 0. The van der Waals surface area contributed by atoms with Gasteiger partial charge in [0, 0.05) is 32.2 Å². The quantitative estimate of drug-likeness (QED) is 0.487. The van der Waals surface area contributed by atoms with Crippen molar-refractivity contribution in [2.24, 2.45) is 5.92 Å². The highest BCUT2D eigenvalue weighted by Crippen LogP contribution is 2.16. The van der Waals surface area contributed by atoms with Crippen molar-refractivity contribution in [2.75, 3.05) is 26.2 Å². The van der Waals surface area contributed by atoms with Gasteiger partial charge in [-0.25, -0.2) is 0 Å². The van der Waals surface area contributed by atoms with E-state index in [0.29, 0.717) is 19.6 Å². The highest BCUT2D eigenvalue weighted by atomic mass is 16.3. The Morgan fingerprint density at radius 2 is 2.08 bits per heavy atom. The second kappa shape index (κ2) is 4.72. The number of hydrogen-bond acceptors (Lipinski definition) is 4. The molecule has 0 aromatic carbocycles. The Labute approximate surface area is 78.1 Å². The number of β-amino-alcohol motifs (C(OH)–C–C–N with tert-alkyl or cyclic N) is 1. The van der Waals surface area contributed by atoms with Gasteiger partial charge in [-0.1, -0.05) is 6.08 Å². The van der Waals surface area contributed by atoms with Gasteiger partial charge in [0.25, 0.3) is 0 Å². The third kappa shape index (κ3) is 2.51. The zero-order chi connectivity index (χ0) is 9.84. The predicted molar refractivity (Wildman–Crippen MR) is 49.2 cm³/mol. The summed E-state index contributed by atoms with van der Waals surface area (Å²) in [6, 6.07) is 0. The molecule has 3 atom stereocenters. The van der Waals surface area contributed by atoms with E-state index in [9.17, 15) is 10.2 Å². The predicted octanol–water partition coefficient (Wildman–Crippen LogP) is -1.18. The first kappa shape index (κ1) is 10.7. The SMILES string of the molecule is C=CCN1C[C@H](CO)[C@@H](O)[C@H](O)C1. The van der Waals surface area contributed by atoms with Crippen molar-refractivity contribution in [3.63, 3.8) is 0 Å². The summed E-state index contributed by atoms with van der Waals surface area (Å²) in [4.78, 5) is 1.96. The Hall–Kier alpha value is -0.420. The van der Waals surface area contributed by atoms with Crippen LogP contribution in [0.3, 0.4) is 0 Å². The fourth-order valence-corrected chi connectivity index (χ4v) is 1.70. The molecule has 1 rings (SSSR count). The second-order valence-corrected chi connectivity index (χ2v) is 3.51. The maximum absolute atomic E-state index is 9.46. The van der Waals surface area contributed by atoms with Gasteiger partial charge in [0.05, 0.1) is 12.2 Å². The van der Waals surface area contributed by atoms with Gasteiger partial charge < -0.3 is 15.3 Å². The molecule has 0 amide bonds. The van der Waals surface area contributed by atoms with Crippen LogP contribution in [0.2, 0.25) is 0 Å². The van der Waals surface area contributed by atoms with Crippen molar-refractivity contribution in [2.45, 2.75) is 12.2 Å². The van der Waals surface area contributed by atoms with Crippen LogP contribution in [0.25, 0.3) is 0 Å². The van der Waals surface area contributed by atoms with Crippen LogP contribution in [0.15, 0.2) is 12.7 Å². The summed E-state index contributed by atoms with van der Waals surface area (Å²) in [5.41, 5.74) is 0. The maximum atomic E-state index is 9.46. The fourth-order valence-electron chi connectivity index (χ4n) is 1.70. The first-order chi connectivity index (χ1) is 6.19. The van der Waals surface area contributed by atoms with Crippen molar-refractivity contribution in [1.29, 1.82) is 0 Å². The molecule has 1 aliphatic heterocycles. The summed E-state index contributed by atoms with van der Waals surface area (Å²) >= 11 is 0. The van der Waals surface area contributed by atoms with E-state index < -0.39 is 12.2 Å². The van der Waals surface area contributed by atoms with Crippen molar-refractivity contribution in [3.8, 4) is 0 Å². The number of likely N-dealkylation sites (tertiary alicyclic amines) is 1. The lowest BCUT2D eigenvalue weighted by Gasteiger charge is -2.38. The van der Waals surface area contributed by atoms with Crippen molar-refractivity contribution in [1.82, 2.24) is 4.90 Å². The minimum Gasteiger partial charge on any atom is -0.396 e. The molecule has 1 saturated heterocycles. The molecule has 0 aromatic rings. The molecule has 76 valence electrons. The fraction of sp³-hybridized carbons (Fsp3) is 0.778. The second-order valence-electron chi connectivity index (χ2n) is 3.51. The summed E-state index contributed by atoms with van der Waals surface area (Å²) < 4.78 is 0. The molecule has 0 spiro atoms. The Morgan fingerprint density at radius 1 is 1.38 bits per heavy atom. The van der Waals surface area contributed by atoms with Crippen molar-refractivity contribution < 1.29 is 15.3 Å². The first-order valence-electron chi connectivity index (χ1n) is 4.49. The van der Waals surface area contributed by atoms with E-state index in [2.05, 4.69) is 6.58 Å². The molecule has 0 unspecified atom stereocenters. The van der Waals surface area contributed by atoms with Gasteiger partial charge in [0.15, 0.2) is 0 Å². The van der Waals surface area contributed by atoms with E-state index in [1.165, 1.54) is 0 Å². The Balaban J connectivity index is 2.52. The topological polar surface area (TPSA) is 63.9 Å². The highest BCUT2D eigenvalue weighted by molar-refractivity contribution is 4.88. The molecule has 13 heavy (non-hydrogen) atoms. The Kier molecular flexibility index (Phi) is 3.87. The maximum Gasteiger partial charge on any atom is 0.0929 e. The van der Waals surface area contributed by atoms with Gasteiger partial charge in [-0.05, 0) is 0 Å². The average Bonchev–Trinajstić information content (AvgIpc) is 2.11. The van der Waals surface area contributed by atoms with Crippen LogP contribution < -0.4 is 0 Å². The molecule has 1 heterocycles. The molecule has 4 nitrogen and oxygen atoms in total. The molecular weight excluding hydrogens is 170 g/mol. The monoisotopic (exact) mass is 187 g/mol. The molecule has 0 radical (unpaired) electrons. The van der Waals surface area contributed by atoms with E-state index in [-0.39, 0.29) is 12.5 Å². The van der Waals surface area contributed by atoms with E-state index in [1.54, 1.807) is 6.08 Å². The van der Waals surface area contributed by atoms with Gasteiger partial charge in [0.2, 0.25) is 0 Å². The zero-order valence-electron chi connectivity index (χ0n) is 7.63. The lowest BCUT2D eigenvalue weighted by molar-refractivity contribution is -0.0836. The molecule has 4 heteroatoms. The first-order valence-corrected chi connectivity index (χ1v) is 4.49. The van der Waals surface area contributed by atoms with E-state index in [4.69, 9.17) is 5.11 Å². The lowest BCUT2D eigenvalue weighted by Crippen LogP contribution is -2.53. The van der Waals surface area contributed by atoms with E-state index >= 15 is 0 Å². The largest absolute Gasteiger partial charge is 0.396 e. The summed E-state index contributed by atoms with van der Waals surface area (Å²) in [6.07, 6.45) is 0.190. The number of hydrogen-bond donors (Lipinski definition) is 3. The smallest absolute Gasteiger partial charge is 0.0929 e. The number of aliphatic hydroxyl groups excluding tert-OH is 3. The van der Waals surface area contributed by atoms with Crippen LogP contribution in [0.1, 0.15) is 0 Å². The standard InChI is InChI=1S/C9H17NO3/c1-2-3-10-4-7(6-11)9(13)8(12)5-10/h2,7-9,11-13H,1,3-6H2/t7-,8-,9-/m1/s1. The number of rotatable bonds is 3. The van der Waals surface area contributed by atoms with E-state index in [0.717, 1.165) is 0 Å². The summed E-state index contributed by atoms with van der Waals surface area (Å²) in [5, 5.41) is 27.8. The third-order valence-electron chi connectivity index (χ3n) is 2.44. The molecule has 1 aliphatic rings. The third-order valence-corrected chi connectivity index (χ3v) is 2.44. The molecule has 0 aromatic heterocycles. The van der Waals surface area contributed by atoms with Gasteiger partial charge in [-0.3, -0.25) is 4.90 Å². The zero-order valence-corrected chi connectivity index (χ0v) is 7.63. The molecule has 1 fully saturated rings. The van der Waals surface area contributed by atoms with Crippen LogP contribution in [0.5, 0.6) is 0 Å². The van der Waals surface area contributed by atoms with Crippen LogP contribution in [-0.4, -0.2) is 58.7 Å². The number of aliphatic hydroxyl groups is 3. The van der Waals surface area contributed by atoms with Crippen molar-refractivity contribution >= 4 is 0 Å². The number of piperidine rings is 1. The van der Waals surface area contributed by atoms with Gasteiger partial charge >= 0.3 is 0 Å². The van der Waals surface area contributed by atoms with Gasteiger partial charge in [0.1, 0.15) is 0 Å². The van der Waals surface area contributed by atoms with Crippen LogP contribution in [0.4, 0.5) is 0 Å². The number of nitrogens with zero attached hydrogens (tertiary/aromatic N) is 1. The van der Waals surface area contributed by atoms with Gasteiger partial charge in [-0.15, -0.1) is 6.58 Å². The highest BCUT2D eigenvalue weighted by Gasteiger charge is 2.33.